The number of aryl methyl sites for hydroxylation is 2. The third kappa shape index (κ3) is 5.28. The lowest BCUT2D eigenvalue weighted by Crippen LogP contribution is -2.37. The van der Waals surface area contributed by atoms with Crippen LogP contribution in [-0.4, -0.2) is 48.4 Å². The van der Waals surface area contributed by atoms with Gasteiger partial charge in [0.2, 0.25) is 0 Å². The average molecular weight is 311 g/mol. The topological polar surface area (TPSA) is 39.1 Å². The molecule has 1 aromatic heterocycles. The first-order valence-corrected chi connectivity index (χ1v) is 6.73. The number of hydrogen-bond donors (Lipinski definition) is 1. The molecule has 21 heavy (non-hydrogen) atoms. The van der Waals surface area contributed by atoms with Gasteiger partial charge in [0.1, 0.15) is 6.61 Å². The average Bonchev–Trinajstić information content (AvgIpc) is 2.77. The number of hydrogen-bond acceptors (Lipinski definition) is 3. The van der Waals surface area contributed by atoms with Crippen molar-refractivity contribution in [2.75, 3.05) is 20.3 Å². The van der Waals surface area contributed by atoms with Crippen LogP contribution >= 0.6 is 0 Å². The van der Waals surface area contributed by atoms with Gasteiger partial charge in [-0.15, -0.1) is 0 Å². The predicted molar refractivity (Wildman–Crippen MR) is 70.9 cm³/mol. The number of nitrogens with one attached hydrogen (secondary N) is 1. The first-order chi connectivity index (χ1) is 9.80. The van der Waals surface area contributed by atoms with Gasteiger partial charge in [-0.05, 0) is 19.5 Å². The molecule has 8 heteroatoms. The summed E-state index contributed by atoms with van der Waals surface area (Å²) in [5, 5.41) is 7.21. The van der Waals surface area contributed by atoms with Crippen molar-refractivity contribution in [3.63, 3.8) is 0 Å². The number of nitrogens with zero attached hydrogens (tertiary/aromatic N) is 2. The highest BCUT2D eigenvalue weighted by Gasteiger charge is 2.41. The standard InChI is InChI=1S/C13H21F4N3O/c1-4-9-5-11(20(3)19-9)6-10(18-2)7-21-8-13(16,17)12(14)15/h5,10,12,18H,4,6-8H2,1-3H3. The summed E-state index contributed by atoms with van der Waals surface area (Å²) >= 11 is 0. The highest BCUT2D eigenvalue weighted by Crippen LogP contribution is 2.22. The summed E-state index contributed by atoms with van der Waals surface area (Å²) in [6.07, 6.45) is -2.40. The highest BCUT2D eigenvalue weighted by atomic mass is 19.3. The molecule has 1 atom stereocenters. The van der Waals surface area contributed by atoms with Crippen molar-refractivity contribution >= 4 is 0 Å². The Labute approximate surface area is 121 Å². The lowest BCUT2D eigenvalue weighted by atomic mass is 10.1. The minimum Gasteiger partial charge on any atom is -0.373 e. The van der Waals surface area contributed by atoms with Gasteiger partial charge in [0.25, 0.3) is 0 Å². The van der Waals surface area contributed by atoms with Crippen LogP contribution in [0.3, 0.4) is 0 Å². The van der Waals surface area contributed by atoms with E-state index in [-0.39, 0.29) is 12.6 Å². The van der Waals surface area contributed by atoms with Gasteiger partial charge in [0, 0.05) is 25.2 Å². The maximum absolute atomic E-state index is 12.7. The summed E-state index contributed by atoms with van der Waals surface area (Å²) in [5.41, 5.74) is 1.86. The van der Waals surface area contributed by atoms with E-state index < -0.39 is 19.0 Å². The monoisotopic (exact) mass is 311 g/mol. The zero-order valence-electron chi connectivity index (χ0n) is 12.4. The number of likely N-dealkylation sites (N-methyl/N-ethyl adjacent to an activating group) is 1. The van der Waals surface area contributed by atoms with E-state index in [4.69, 9.17) is 4.74 Å². The molecule has 0 radical (unpaired) electrons. The van der Waals surface area contributed by atoms with Gasteiger partial charge in [-0.3, -0.25) is 4.68 Å². The van der Waals surface area contributed by atoms with Crippen LogP contribution in [0.4, 0.5) is 17.6 Å². The minimum atomic E-state index is -4.11. The number of halogens is 4. The van der Waals surface area contributed by atoms with Gasteiger partial charge in [-0.2, -0.15) is 13.9 Å². The quantitative estimate of drug-likeness (QED) is 0.709. The molecule has 1 heterocycles. The van der Waals surface area contributed by atoms with Crippen LogP contribution in [0.1, 0.15) is 18.3 Å². The Morgan fingerprint density at radius 3 is 2.57 bits per heavy atom. The van der Waals surface area contributed by atoms with Crippen molar-refractivity contribution in [2.24, 2.45) is 7.05 Å². The minimum absolute atomic E-state index is 0.0779. The Morgan fingerprint density at radius 1 is 1.43 bits per heavy atom. The fourth-order valence-corrected chi connectivity index (χ4v) is 1.83. The van der Waals surface area contributed by atoms with Crippen molar-refractivity contribution in [1.82, 2.24) is 15.1 Å². The van der Waals surface area contributed by atoms with Crippen molar-refractivity contribution in [3.8, 4) is 0 Å². The molecule has 0 spiro atoms. The first-order valence-electron chi connectivity index (χ1n) is 6.73. The first kappa shape index (κ1) is 17.9. The summed E-state index contributed by atoms with van der Waals surface area (Å²) in [6, 6.07) is 1.68. The summed E-state index contributed by atoms with van der Waals surface area (Å²) < 4.78 is 55.9. The van der Waals surface area contributed by atoms with Crippen molar-refractivity contribution in [3.05, 3.63) is 17.5 Å². The zero-order valence-corrected chi connectivity index (χ0v) is 12.4. The maximum Gasteiger partial charge on any atom is 0.330 e. The van der Waals surface area contributed by atoms with E-state index in [1.54, 1.807) is 18.8 Å². The van der Waals surface area contributed by atoms with Gasteiger partial charge in [0.15, 0.2) is 0 Å². The molecule has 1 unspecified atom stereocenters. The Balaban J connectivity index is 2.50. The summed E-state index contributed by atoms with van der Waals surface area (Å²) in [6.45, 7) is 0.622. The fraction of sp³-hybridized carbons (Fsp3) is 0.769. The smallest absolute Gasteiger partial charge is 0.330 e. The van der Waals surface area contributed by atoms with Gasteiger partial charge in [-0.25, -0.2) is 8.78 Å². The molecule has 4 nitrogen and oxygen atoms in total. The Hall–Kier alpha value is -1.15. The van der Waals surface area contributed by atoms with Crippen molar-refractivity contribution in [2.45, 2.75) is 38.2 Å². The maximum atomic E-state index is 12.7. The van der Waals surface area contributed by atoms with Crippen molar-refractivity contribution in [1.29, 1.82) is 0 Å². The second-order valence-corrected chi connectivity index (χ2v) is 4.87. The van der Waals surface area contributed by atoms with Gasteiger partial charge in [-0.1, -0.05) is 6.92 Å². The molecular weight excluding hydrogens is 290 g/mol. The van der Waals surface area contributed by atoms with Crippen LogP contribution in [0.25, 0.3) is 0 Å². The van der Waals surface area contributed by atoms with Crippen LogP contribution in [-0.2, 0) is 24.6 Å². The second-order valence-electron chi connectivity index (χ2n) is 4.87. The van der Waals surface area contributed by atoms with Crippen LogP contribution in [0, 0.1) is 0 Å². The Morgan fingerprint density at radius 2 is 2.10 bits per heavy atom. The van der Waals surface area contributed by atoms with Crippen LogP contribution in [0.2, 0.25) is 0 Å². The van der Waals surface area contributed by atoms with Crippen LogP contribution in [0.5, 0.6) is 0 Å². The molecule has 0 fully saturated rings. The third-order valence-electron chi connectivity index (χ3n) is 3.19. The molecule has 0 saturated carbocycles. The van der Waals surface area contributed by atoms with E-state index in [1.807, 2.05) is 13.0 Å². The second kappa shape index (κ2) is 7.74. The zero-order chi connectivity index (χ0) is 16.0. The molecule has 0 saturated heterocycles. The number of ether oxygens (including phenoxy) is 1. The SMILES string of the molecule is CCc1cc(CC(COCC(F)(F)C(F)F)NC)n(C)n1. The Kier molecular flexibility index (Phi) is 6.60. The molecule has 0 aliphatic carbocycles. The number of aromatic nitrogens is 2. The number of alkyl halides is 4. The summed E-state index contributed by atoms with van der Waals surface area (Å²) in [4.78, 5) is 0. The molecule has 0 amide bonds. The predicted octanol–water partition coefficient (Wildman–Crippen LogP) is 2.03. The molecule has 1 rings (SSSR count). The van der Waals surface area contributed by atoms with Crippen LogP contribution in [0.15, 0.2) is 6.07 Å². The van der Waals surface area contributed by atoms with Crippen LogP contribution < -0.4 is 5.32 Å². The molecule has 0 aromatic carbocycles. The van der Waals surface area contributed by atoms with Gasteiger partial charge >= 0.3 is 12.3 Å². The number of rotatable bonds is 9. The molecule has 0 bridgehead atoms. The molecule has 0 aliphatic rings. The van der Waals surface area contributed by atoms with Gasteiger partial charge < -0.3 is 10.1 Å². The van der Waals surface area contributed by atoms with Gasteiger partial charge in [0.05, 0.1) is 12.3 Å². The fourth-order valence-electron chi connectivity index (χ4n) is 1.83. The molecule has 1 N–H and O–H groups in total. The lowest BCUT2D eigenvalue weighted by molar-refractivity contribution is -0.166. The van der Waals surface area contributed by atoms with Crippen molar-refractivity contribution < 1.29 is 22.3 Å². The lowest BCUT2D eigenvalue weighted by Gasteiger charge is -2.19. The molecule has 122 valence electrons. The summed E-state index contributed by atoms with van der Waals surface area (Å²) in [7, 11) is 3.46. The van der Waals surface area contributed by atoms with E-state index in [1.165, 1.54) is 0 Å². The van der Waals surface area contributed by atoms with E-state index >= 15 is 0 Å². The third-order valence-corrected chi connectivity index (χ3v) is 3.19. The van der Waals surface area contributed by atoms with E-state index in [2.05, 4.69) is 10.4 Å². The normalized spacial score (nSPS) is 13.9. The summed E-state index contributed by atoms with van der Waals surface area (Å²) in [5.74, 6) is -4.11. The largest absolute Gasteiger partial charge is 0.373 e. The molecular formula is C13H21F4N3O. The van der Waals surface area contributed by atoms with E-state index in [9.17, 15) is 17.6 Å². The highest BCUT2D eigenvalue weighted by molar-refractivity contribution is 5.11. The Bertz CT molecular complexity index is 437. The molecule has 1 aromatic rings. The molecule has 0 aliphatic heterocycles. The van der Waals surface area contributed by atoms with E-state index in [0.29, 0.717) is 6.42 Å². The van der Waals surface area contributed by atoms with E-state index in [0.717, 1.165) is 17.8 Å².